The third-order valence-corrected chi connectivity index (χ3v) is 7.52. The molecule has 1 aliphatic heterocycles. The molecule has 5 rings (SSSR count). The summed E-state index contributed by atoms with van der Waals surface area (Å²) in [5.41, 5.74) is 4.23. The van der Waals surface area contributed by atoms with Gasteiger partial charge in [0.25, 0.3) is 0 Å². The molecule has 0 amide bonds. The van der Waals surface area contributed by atoms with Gasteiger partial charge in [-0.25, -0.2) is 0 Å². The van der Waals surface area contributed by atoms with Gasteiger partial charge in [-0.05, 0) is 97.5 Å². The van der Waals surface area contributed by atoms with Crippen molar-refractivity contribution in [3.63, 3.8) is 0 Å². The first kappa shape index (κ1) is 18.1. The lowest BCUT2D eigenvalue weighted by molar-refractivity contribution is 0.189. The molecule has 1 heterocycles. The maximum atomic E-state index is 10.2. The highest BCUT2D eigenvalue weighted by Crippen LogP contribution is 2.57. The van der Waals surface area contributed by atoms with Crippen LogP contribution in [0.25, 0.3) is 0 Å². The zero-order valence-corrected chi connectivity index (χ0v) is 16.6. The molecule has 4 unspecified atom stereocenters. The zero-order chi connectivity index (χ0) is 19.1. The first-order valence-electron chi connectivity index (χ1n) is 11.0. The molecule has 3 heteroatoms. The minimum Gasteiger partial charge on any atom is -0.508 e. The van der Waals surface area contributed by atoms with Crippen LogP contribution in [0.2, 0.25) is 0 Å². The van der Waals surface area contributed by atoms with Gasteiger partial charge < -0.3 is 15.1 Å². The van der Waals surface area contributed by atoms with Gasteiger partial charge in [0, 0.05) is 12.5 Å². The third kappa shape index (κ3) is 3.20. The van der Waals surface area contributed by atoms with E-state index >= 15 is 0 Å². The predicted molar refractivity (Wildman–Crippen MR) is 112 cm³/mol. The second kappa shape index (κ2) is 7.44. The van der Waals surface area contributed by atoms with Gasteiger partial charge in [-0.3, -0.25) is 0 Å². The summed E-state index contributed by atoms with van der Waals surface area (Å²) < 4.78 is 0. The number of fused-ring (bicyclic) bond motifs is 3. The lowest BCUT2D eigenvalue weighted by Crippen LogP contribution is -2.38. The molecule has 0 bridgehead atoms. The third-order valence-electron chi connectivity index (χ3n) is 7.52. The molecule has 3 nitrogen and oxygen atoms in total. The maximum absolute atomic E-state index is 10.2. The molecule has 0 spiro atoms. The van der Waals surface area contributed by atoms with Gasteiger partial charge in [0.15, 0.2) is 0 Å². The summed E-state index contributed by atoms with van der Waals surface area (Å²) in [6.45, 7) is 3.52. The Morgan fingerprint density at radius 2 is 1.50 bits per heavy atom. The second-order valence-corrected chi connectivity index (χ2v) is 9.10. The number of hydrogen-bond acceptors (Lipinski definition) is 3. The van der Waals surface area contributed by atoms with E-state index in [2.05, 4.69) is 29.2 Å². The van der Waals surface area contributed by atoms with Crippen molar-refractivity contribution in [1.29, 1.82) is 0 Å². The highest BCUT2D eigenvalue weighted by molar-refractivity contribution is 5.46. The van der Waals surface area contributed by atoms with Crippen LogP contribution in [0.5, 0.6) is 11.5 Å². The average molecular weight is 378 g/mol. The lowest BCUT2D eigenvalue weighted by Gasteiger charge is -2.48. The number of benzene rings is 2. The topological polar surface area (TPSA) is 43.7 Å². The molecule has 1 saturated heterocycles. The van der Waals surface area contributed by atoms with Crippen LogP contribution in [0.1, 0.15) is 73.0 Å². The normalized spacial score (nSPS) is 30.0. The van der Waals surface area contributed by atoms with Gasteiger partial charge in [0.05, 0.1) is 0 Å². The Bertz CT molecular complexity index is 825. The number of nitrogens with zero attached hydrogens (tertiary/aromatic N) is 1. The average Bonchev–Trinajstić information content (AvgIpc) is 3.22. The van der Waals surface area contributed by atoms with Gasteiger partial charge in [-0.15, -0.1) is 0 Å². The van der Waals surface area contributed by atoms with Gasteiger partial charge >= 0.3 is 0 Å². The SMILES string of the molecule is Oc1ccc(C2C(CN3CCCC3)c3ccc(O)cc3C3CCCCC32)cc1. The Balaban J connectivity index is 1.62. The summed E-state index contributed by atoms with van der Waals surface area (Å²) in [6.07, 6.45) is 7.71. The number of aromatic hydroxyl groups is 2. The Morgan fingerprint density at radius 3 is 2.29 bits per heavy atom. The van der Waals surface area contributed by atoms with E-state index in [0.717, 1.165) is 6.54 Å². The quantitative estimate of drug-likeness (QED) is 0.758. The fourth-order valence-corrected chi connectivity index (χ4v) is 6.32. The standard InChI is InChI=1S/C25H31NO2/c27-18-9-7-17(8-10-18)25-22-6-2-1-5-20(22)23-15-19(28)11-12-21(23)24(25)16-26-13-3-4-14-26/h7-12,15,20,22,24-25,27-28H,1-6,13-14,16H2. The molecule has 28 heavy (non-hydrogen) atoms. The summed E-state index contributed by atoms with van der Waals surface area (Å²) in [4.78, 5) is 2.64. The van der Waals surface area contributed by atoms with Crippen molar-refractivity contribution < 1.29 is 10.2 Å². The number of rotatable bonds is 3. The summed E-state index contributed by atoms with van der Waals surface area (Å²) >= 11 is 0. The summed E-state index contributed by atoms with van der Waals surface area (Å²) in [7, 11) is 0. The molecule has 1 saturated carbocycles. The Kier molecular flexibility index (Phi) is 4.80. The van der Waals surface area contributed by atoms with Gasteiger partial charge in [-0.1, -0.05) is 31.0 Å². The van der Waals surface area contributed by atoms with Gasteiger partial charge in [-0.2, -0.15) is 0 Å². The summed E-state index contributed by atoms with van der Waals surface area (Å²) in [5, 5.41) is 20.1. The molecule has 0 aromatic heterocycles. The first-order valence-corrected chi connectivity index (χ1v) is 11.0. The first-order chi connectivity index (χ1) is 13.7. The van der Waals surface area contributed by atoms with E-state index in [1.807, 2.05) is 18.2 Å². The smallest absolute Gasteiger partial charge is 0.115 e. The summed E-state index contributed by atoms with van der Waals surface area (Å²) in [5.74, 6) is 2.87. The minimum atomic E-state index is 0.348. The molecule has 148 valence electrons. The number of hydrogen-bond donors (Lipinski definition) is 2. The van der Waals surface area contributed by atoms with Crippen molar-refractivity contribution in [2.24, 2.45) is 5.92 Å². The van der Waals surface area contributed by atoms with E-state index in [4.69, 9.17) is 0 Å². The second-order valence-electron chi connectivity index (χ2n) is 9.10. The largest absolute Gasteiger partial charge is 0.508 e. The van der Waals surface area contributed by atoms with E-state index in [1.54, 1.807) is 0 Å². The number of likely N-dealkylation sites (tertiary alicyclic amines) is 1. The van der Waals surface area contributed by atoms with Crippen molar-refractivity contribution >= 4 is 0 Å². The fraction of sp³-hybridized carbons (Fsp3) is 0.520. The Hall–Kier alpha value is -2.00. The molecule has 2 aromatic carbocycles. The van der Waals surface area contributed by atoms with Crippen LogP contribution < -0.4 is 0 Å². The molecule has 3 aliphatic rings. The van der Waals surface area contributed by atoms with Crippen LogP contribution in [0, 0.1) is 5.92 Å². The van der Waals surface area contributed by atoms with Crippen LogP contribution in [-0.2, 0) is 0 Å². The van der Waals surface area contributed by atoms with Crippen LogP contribution in [-0.4, -0.2) is 34.7 Å². The monoisotopic (exact) mass is 377 g/mol. The van der Waals surface area contributed by atoms with Crippen LogP contribution in [0.15, 0.2) is 42.5 Å². The molecule has 2 N–H and O–H groups in total. The highest BCUT2D eigenvalue weighted by Gasteiger charge is 2.44. The number of phenolic OH excluding ortho intramolecular Hbond substituents is 2. The van der Waals surface area contributed by atoms with Crippen molar-refractivity contribution in [3.8, 4) is 11.5 Å². The fourth-order valence-electron chi connectivity index (χ4n) is 6.32. The van der Waals surface area contributed by atoms with E-state index in [0.29, 0.717) is 35.2 Å². The van der Waals surface area contributed by atoms with Crippen LogP contribution in [0.3, 0.4) is 0 Å². The summed E-state index contributed by atoms with van der Waals surface area (Å²) in [6, 6.07) is 14.1. The van der Waals surface area contributed by atoms with E-state index < -0.39 is 0 Å². The number of phenols is 2. The highest BCUT2D eigenvalue weighted by atomic mass is 16.3. The maximum Gasteiger partial charge on any atom is 0.115 e. The van der Waals surface area contributed by atoms with Gasteiger partial charge in [0.1, 0.15) is 11.5 Å². The van der Waals surface area contributed by atoms with Crippen LogP contribution >= 0.6 is 0 Å². The molecular formula is C25H31NO2. The molecule has 4 atom stereocenters. The van der Waals surface area contributed by atoms with E-state index in [9.17, 15) is 10.2 Å². The van der Waals surface area contributed by atoms with E-state index in [-0.39, 0.29) is 0 Å². The Morgan fingerprint density at radius 1 is 0.786 bits per heavy atom. The molecule has 2 aromatic rings. The molecule has 2 aliphatic carbocycles. The minimum absolute atomic E-state index is 0.348. The van der Waals surface area contributed by atoms with Crippen molar-refractivity contribution in [2.75, 3.05) is 19.6 Å². The Labute approximate surface area is 168 Å². The molecule has 2 fully saturated rings. The van der Waals surface area contributed by atoms with Crippen molar-refractivity contribution in [3.05, 3.63) is 59.2 Å². The van der Waals surface area contributed by atoms with Gasteiger partial charge in [0.2, 0.25) is 0 Å². The molecule has 0 radical (unpaired) electrons. The lowest BCUT2D eigenvalue weighted by atomic mass is 9.57. The molecular weight excluding hydrogens is 346 g/mol. The van der Waals surface area contributed by atoms with Crippen molar-refractivity contribution in [2.45, 2.75) is 56.3 Å². The van der Waals surface area contributed by atoms with Crippen molar-refractivity contribution in [1.82, 2.24) is 4.90 Å². The zero-order valence-electron chi connectivity index (χ0n) is 16.6. The van der Waals surface area contributed by atoms with Crippen LogP contribution in [0.4, 0.5) is 0 Å². The van der Waals surface area contributed by atoms with E-state index in [1.165, 1.54) is 68.3 Å². The predicted octanol–water partition coefficient (Wildman–Crippen LogP) is 5.35.